The molecule has 0 fully saturated rings. The van der Waals surface area contributed by atoms with Crippen molar-refractivity contribution in [2.45, 2.75) is 18.1 Å². The Labute approximate surface area is 119 Å². The number of aromatic amines is 1. The van der Waals surface area contributed by atoms with E-state index in [1.165, 1.54) is 0 Å². The number of alkyl halides is 6. The van der Waals surface area contributed by atoms with Crippen LogP contribution < -0.4 is 4.18 Å². The zero-order chi connectivity index (χ0) is 16.8. The number of aromatic nitrogens is 1. The molecule has 1 N–H and O–H groups in total. The molecule has 0 saturated heterocycles. The molecule has 0 bridgehead atoms. The molecule has 1 aromatic carbocycles. The maximum Gasteiger partial charge on any atom is 0.534 e. The van der Waals surface area contributed by atoms with Crippen LogP contribution in [0.1, 0.15) is 5.69 Å². The number of nitrogens with one attached hydrogen (secondary N) is 1. The second-order valence-electron chi connectivity index (χ2n) is 4.32. The lowest BCUT2D eigenvalue weighted by Crippen LogP contribution is -2.28. The van der Waals surface area contributed by atoms with Gasteiger partial charge in [0.1, 0.15) is 5.75 Å². The van der Waals surface area contributed by atoms with Gasteiger partial charge >= 0.3 is 21.8 Å². The third-order valence-electron chi connectivity index (χ3n) is 2.53. The van der Waals surface area contributed by atoms with Gasteiger partial charge in [0.05, 0.1) is 6.42 Å². The Morgan fingerprint density at radius 1 is 1.05 bits per heavy atom. The van der Waals surface area contributed by atoms with Gasteiger partial charge in [-0.2, -0.15) is 34.8 Å². The van der Waals surface area contributed by atoms with Crippen molar-refractivity contribution < 1.29 is 38.9 Å². The Bertz CT molecular complexity index is 790. The molecule has 0 radical (unpaired) electrons. The Hall–Kier alpha value is -1.91. The monoisotopic (exact) mass is 347 g/mol. The van der Waals surface area contributed by atoms with E-state index < -0.39 is 34.0 Å². The summed E-state index contributed by atoms with van der Waals surface area (Å²) in [6.45, 7) is 0. The number of hydrogen-bond donors (Lipinski definition) is 1. The summed E-state index contributed by atoms with van der Waals surface area (Å²) < 4.78 is 98.9. The summed E-state index contributed by atoms with van der Waals surface area (Å²) in [4.78, 5) is 2.43. The molecule has 4 nitrogen and oxygen atoms in total. The molecule has 0 aliphatic rings. The Morgan fingerprint density at radius 2 is 1.68 bits per heavy atom. The van der Waals surface area contributed by atoms with Crippen LogP contribution in [0.25, 0.3) is 10.9 Å². The molecule has 0 amide bonds. The molecule has 0 spiro atoms. The van der Waals surface area contributed by atoms with Gasteiger partial charge in [-0.25, -0.2) is 0 Å². The van der Waals surface area contributed by atoms with Crippen molar-refractivity contribution in [3.63, 3.8) is 0 Å². The van der Waals surface area contributed by atoms with Gasteiger partial charge in [-0.1, -0.05) is 0 Å². The fourth-order valence-electron chi connectivity index (χ4n) is 1.71. The van der Waals surface area contributed by atoms with Gasteiger partial charge in [0.15, 0.2) is 0 Å². The van der Waals surface area contributed by atoms with Crippen molar-refractivity contribution >= 4 is 21.0 Å². The number of fused-ring (bicyclic) bond motifs is 1. The van der Waals surface area contributed by atoms with E-state index in [0.717, 1.165) is 24.3 Å². The molecule has 0 aliphatic heterocycles. The van der Waals surface area contributed by atoms with Gasteiger partial charge in [0.2, 0.25) is 0 Å². The number of benzene rings is 1. The predicted octanol–water partition coefficient (Wildman–Crippen LogP) is 3.50. The third-order valence-corrected chi connectivity index (χ3v) is 3.51. The Kier molecular flexibility index (Phi) is 3.80. The van der Waals surface area contributed by atoms with E-state index in [1.807, 2.05) is 0 Å². The van der Waals surface area contributed by atoms with Crippen LogP contribution >= 0.6 is 0 Å². The lowest BCUT2D eigenvalue weighted by atomic mass is 10.2. The third kappa shape index (κ3) is 3.64. The highest BCUT2D eigenvalue weighted by Crippen LogP contribution is 2.30. The highest BCUT2D eigenvalue weighted by atomic mass is 32.2. The number of H-pyrrole nitrogens is 1. The van der Waals surface area contributed by atoms with Gasteiger partial charge in [0, 0.05) is 16.6 Å². The maximum atomic E-state index is 12.3. The molecule has 1 heterocycles. The van der Waals surface area contributed by atoms with E-state index in [0.29, 0.717) is 0 Å². The first kappa shape index (κ1) is 16.5. The summed E-state index contributed by atoms with van der Waals surface area (Å²) in [7, 11) is -5.83. The highest BCUT2D eigenvalue weighted by Gasteiger charge is 2.48. The largest absolute Gasteiger partial charge is 0.534 e. The first-order valence-electron chi connectivity index (χ1n) is 5.56. The van der Waals surface area contributed by atoms with Crippen molar-refractivity contribution in [3.05, 3.63) is 30.0 Å². The normalized spacial score (nSPS) is 13.5. The van der Waals surface area contributed by atoms with Gasteiger partial charge < -0.3 is 9.17 Å². The van der Waals surface area contributed by atoms with E-state index in [2.05, 4.69) is 9.17 Å². The van der Waals surface area contributed by atoms with E-state index in [4.69, 9.17) is 0 Å². The average Bonchev–Trinajstić information content (AvgIpc) is 2.65. The van der Waals surface area contributed by atoms with Gasteiger partial charge in [-0.15, -0.1) is 0 Å². The zero-order valence-electron chi connectivity index (χ0n) is 10.4. The lowest BCUT2D eigenvalue weighted by Gasteiger charge is -2.09. The Morgan fingerprint density at radius 3 is 2.23 bits per heavy atom. The summed E-state index contributed by atoms with van der Waals surface area (Å²) in [5, 5.41) is 0.0918. The van der Waals surface area contributed by atoms with Crippen LogP contribution in [0.2, 0.25) is 0 Å². The maximum absolute atomic E-state index is 12.3. The summed E-state index contributed by atoms with van der Waals surface area (Å²) in [6, 6.07) is 3.97. The molecule has 22 heavy (non-hydrogen) atoms. The van der Waals surface area contributed by atoms with E-state index in [-0.39, 0.29) is 16.6 Å². The van der Waals surface area contributed by atoms with Gasteiger partial charge in [0.25, 0.3) is 0 Å². The van der Waals surface area contributed by atoms with Crippen LogP contribution in [0.5, 0.6) is 5.75 Å². The number of rotatable bonds is 3. The quantitative estimate of drug-likeness (QED) is 0.525. The minimum absolute atomic E-state index is 0.0918. The second kappa shape index (κ2) is 5.07. The molecule has 2 rings (SSSR count). The average molecular weight is 347 g/mol. The summed E-state index contributed by atoms with van der Waals surface area (Å²) in [5.41, 5.74) is -5.60. The lowest BCUT2D eigenvalue weighted by molar-refractivity contribution is -0.127. The molecule has 122 valence electrons. The van der Waals surface area contributed by atoms with Gasteiger partial charge in [-0.05, 0) is 24.3 Å². The molecule has 0 saturated carbocycles. The summed E-state index contributed by atoms with van der Waals surface area (Å²) in [5.74, 6) is -0.651. The van der Waals surface area contributed by atoms with Crippen LogP contribution in [0, 0.1) is 0 Å². The topological polar surface area (TPSA) is 59.2 Å². The SMILES string of the molecule is O=S(=O)(Oc1ccc2[nH]c(CC(F)(F)F)cc2c1)C(F)(F)F. The molecular weight excluding hydrogens is 340 g/mol. The Balaban J connectivity index is 2.32. The summed E-state index contributed by atoms with van der Waals surface area (Å²) >= 11 is 0. The molecule has 0 atom stereocenters. The number of hydrogen-bond acceptors (Lipinski definition) is 3. The fourth-order valence-corrected chi connectivity index (χ4v) is 2.16. The van der Waals surface area contributed by atoms with E-state index in [1.54, 1.807) is 0 Å². The van der Waals surface area contributed by atoms with E-state index in [9.17, 15) is 34.8 Å². The number of halogens is 6. The van der Waals surface area contributed by atoms with Crippen molar-refractivity contribution in [2.75, 3.05) is 0 Å². The van der Waals surface area contributed by atoms with Crippen LogP contribution in [0.3, 0.4) is 0 Å². The fraction of sp³-hybridized carbons (Fsp3) is 0.273. The molecule has 0 unspecified atom stereocenters. The molecular formula is C11H7F6NO3S. The minimum atomic E-state index is -5.83. The second-order valence-corrected chi connectivity index (χ2v) is 5.86. The standard InChI is InChI=1S/C11H7F6NO3S/c12-10(13,14)5-7-3-6-4-8(1-2-9(6)18-7)21-22(19,20)11(15,16)17/h1-4,18H,5H2. The smallest absolute Gasteiger partial charge is 0.376 e. The minimum Gasteiger partial charge on any atom is -0.376 e. The van der Waals surface area contributed by atoms with Gasteiger partial charge in [-0.3, -0.25) is 0 Å². The van der Waals surface area contributed by atoms with Crippen molar-refractivity contribution in [1.29, 1.82) is 0 Å². The van der Waals surface area contributed by atoms with Crippen LogP contribution in [-0.2, 0) is 16.5 Å². The molecule has 0 aliphatic carbocycles. The van der Waals surface area contributed by atoms with Crippen LogP contribution in [0.4, 0.5) is 26.3 Å². The molecule has 11 heteroatoms. The van der Waals surface area contributed by atoms with Crippen molar-refractivity contribution in [1.82, 2.24) is 4.98 Å². The van der Waals surface area contributed by atoms with Crippen molar-refractivity contribution in [2.24, 2.45) is 0 Å². The molecule has 2 aromatic rings. The zero-order valence-corrected chi connectivity index (χ0v) is 11.2. The first-order chi connectivity index (χ1) is 9.87. The summed E-state index contributed by atoms with van der Waals surface area (Å²) in [6.07, 6.45) is -5.71. The molecule has 1 aromatic heterocycles. The predicted molar refractivity (Wildman–Crippen MR) is 63.7 cm³/mol. The van der Waals surface area contributed by atoms with E-state index >= 15 is 0 Å². The van der Waals surface area contributed by atoms with Crippen LogP contribution in [-0.4, -0.2) is 25.1 Å². The van der Waals surface area contributed by atoms with Crippen LogP contribution in [0.15, 0.2) is 24.3 Å². The van der Waals surface area contributed by atoms with Crippen molar-refractivity contribution in [3.8, 4) is 5.75 Å². The highest BCUT2D eigenvalue weighted by molar-refractivity contribution is 7.88. The first-order valence-corrected chi connectivity index (χ1v) is 6.97.